The second-order valence-corrected chi connectivity index (χ2v) is 6.08. The molecule has 0 amide bonds. The molecule has 0 radical (unpaired) electrons. The zero-order valence-electron chi connectivity index (χ0n) is 15.7. The molecule has 1 aromatic heterocycles. The number of rotatable bonds is 5. The maximum Gasteiger partial charge on any atom is 0.374 e. The third kappa shape index (κ3) is 3.95. The summed E-state index contributed by atoms with van der Waals surface area (Å²) in [4.78, 5) is 18.2. The highest BCUT2D eigenvalue weighted by molar-refractivity contribution is 6.00. The molecule has 2 aromatic carbocycles. The van der Waals surface area contributed by atoms with Crippen LogP contribution in [0.25, 0.3) is 11.0 Å². The first-order chi connectivity index (χ1) is 13.0. The SMILES string of the molecule is CCOC(=O)c1cc2cccc(N=C(N)N(C)c3cccc(CC)c3)c2o1. The molecular weight excluding hydrogens is 342 g/mol. The number of nitrogens with two attached hydrogens (primary N) is 1. The number of ether oxygens (including phenoxy) is 1. The summed E-state index contributed by atoms with van der Waals surface area (Å²) in [5.74, 6) is -0.0213. The number of esters is 1. The predicted octanol–water partition coefficient (Wildman–Crippen LogP) is 4.25. The van der Waals surface area contributed by atoms with Crippen molar-refractivity contribution < 1.29 is 13.9 Å². The largest absolute Gasteiger partial charge is 0.460 e. The topological polar surface area (TPSA) is 81.1 Å². The minimum atomic E-state index is -0.495. The van der Waals surface area contributed by atoms with Crippen LogP contribution in [0.3, 0.4) is 0 Å². The van der Waals surface area contributed by atoms with Gasteiger partial charge in [-0.25, -0.2) is 9.79 Å². The Labute approximate surface area is 158 Å². The summed E-state index contributed by atoms with van der Waals surface area (Å²) in [5, 5.41) is 0.766. The van der Waals surface area contributed by atoms with Gasteiger partial charge in [0.25, 0.3) is 0 Å². The van der Waals surface area contributed by atoms with E-state index in [4.69, 9.17) is 14.9 Å². The van der Waals surface area contributed by atoms with Crippen LogP contribution in [-0.4, -0.2) is 25.6 Å². The number of hydrogen-bond donors (Lipinski definition) is 1. The highest BCUT2D eigenvalue weighted by atomic mass is 16.5. The third-order valence-electron chi connectivity index (χ3n) is 4.28. The molecular formula is C21H23N3O3. The van der Waals surface area contributed by atoms with Crippen LogP contribution in [0.15, 0.2) is 57.9 Å². The molecule has 0 spiro atoms. The lowest BCUT2D eigenvalue weighted by Gasteiger charge is -2.18. The molecule has 3 aromatic rings. The molecule has 6 heteroatoms. The number of carbonyl (C=O) groups excluding carboxylic acids is 1. The summed E-state index contributed by atoms with van der Waals surface area (Å²) >= 11 is 0. The first-order valence-corrected chi connectivity index (χ1v) is 8.90. The summed E-state index contributed by atoms with van der Waals surface area (Å²) in [6.07, 6.45) is 0.946. The Morgan fingerprint density at radius 3 is 2.70 bits per heavy atom. The van der Waals surface area contributed by atoms with E-state index in [9.17, 15) is 4.79 Å². The van der Waals surface area contributed by atoms with Gasteiger partial charge in [-0.05, 0) is 43.2 Å². The summed E-state index contributed by atoms with van der Waals surface area (Å²) in [6.45, 7) is 4.14. The van der Waals surface area contributed by atoms with Gasteiger partial charge in [0.2, 0.25) is 11.7 Å². The molecule has 27 heavy (non-hydrogen) atoms. The number of aliphatic imine (C=N–C) groups is 1. The van der Waals surface area contributed by atoms with Crippen molar-refractivity contribution in [3.05, 3.63) is 59.9 Å². The molecule has 0 unspecified atom stereocenters. The molecule has 0 aliphatic rings. The van der Waals surface area contributed by atoms with Gasteiger partial charge in [0.05, 0.1) is 6.61 Å². The van der Waals surface area contributed by atoms with Crippen molar-refractivity contribution in [2.45, 2.75) is 20.3 Å². The van der Waals surface area contributed by atoms with Crippen LogP contribution in [0, 0.1) is 0 Å². The Bertz CT molecular complexity index is 991. The zero-order valence-corrected chi connectivity index (χ0v) is 15.7. The summed E-state index contributed by atoms with van der Waals surface area (Å²) in [6, 6.07) is 15.3. The van der Waals surface area contributed by atoms with Gasteiger partial charge >= 0.3 is 5.97 Å². The van der Waals surface area contributed by atoms with E-state index in [0.29, 0.717) is 17.2 Å². The number of hydrogen-bond acceptors (Lipinski definition) is 4. The first kappa shape index (κ1) is 18.5. The average molecular weight is 365 g/mol. The fourth-order valence-electron chi connectivity index (χ4n) is 2.75. The minimum Gasteiger partial charge on any atom is -0.460 e. The van der Waals surface area contributed by atoms with Crippen molar-refractivity contribution >= 4 is 34.3 Å². The standard InChI is InChI=1S/C21H23N3O3/c1-4-14-8-6-10-16(12-14)24(3)21(22)23-17-11-7-9-15-13-18(27-19(15)17)20(25)26-5-2/h6-13H,4-5H2,1-3H3,(H2,22,23). The van der Waals surface area contributed by atoms with Crippen molar-refractivity contribution in [2.75, 3.05) is 18.6 Å². The Kier molecular flexibility index (Phi) is 5.45. The Morgan fingerprint density at radius 2 is 1.96 bits per heavy atom. The Morgan fingerprint density at radius 1 is 1.19 bits per heavy atom. The number of guanidine groups is 1. The van der Waals surface area contributed by atoms with Gasteiger partial charge in [0.1, 0.15) is 5.69 Å². The fourth-order valence-corrected chi connectivity index (χ4v) is 2.75. The number of anilines is 1. The van der Waals surface area contributed by atoms with Crippen molar-refractivity contribution in [1.82, 2.24) is 0 Å². The van der Waals surface area contributed by atoms with E-state index in [2.05, 4.69) is 24.0 Å². The first-order valence-electron chi connectivity index (χ1n) is 8.90. The average Bonchev–Trinajstić information content (AvgIpc) is 3.13. The molecule has 0 saturated carbocycles. The lowest BCUT2D eigenvalue weighted by atomic mass is 10.1. The van der Waals surface area contributed by atoms with E-state index in [1.165, 1.54) is 5.56 Å². The second-order valence-electron chi connectivity index (χ2n) is 6.08. The molecule has 0 fully saturated rings. The molecule has 2 N–H and O–H groups in total. The highest BCUT2D eigenvalue weighted by Gasteiger charge is 2.16. The van der Waals surface area contributed by atoms with Gasteiger partial charge in [-0.1, -0.05) is 31.2 Å². The molecule has 0 bridgehead atoms. The van der Waals surface area contributed by atoms with Crippen LogP contribution in [-0.2, 0) is 11.2 Å². The lowest BCUT2D eigenvalue weighted by molar-refractivity contribution is 0.0493. The van der Waals surface area contributed by atoms with Crippen LogP contribution in [0.5, 0.6) is 0 Å². The minimum absolute atomic E-state index is 0.150. The van der Waals surface area contributed by atoms with Crippen LogP contribution >= 0.6 is 0 Å². The highest BCUT2D eigenvalue weighted by Crippen LogP contribution is 2.29. The summed E-state index contributed by atoms with van der Waals surface area (Å²) in [7, 11) is 1.86. The molecule has 0 atom stereocenters. The number of para-hydroxylation sites is 1. The lowest BCUT2D eigenvalue weighted by Crippen LogP contribution is -2.33. The molecule has 3 rings (SSSR count). The normalized spacial score (nSPS) is 11.6. The third-order valence-corrected chi connectivity index (χ3v) is 4.28. The summed E-state index contributed by atoms with van der Waals surface area (Å²) < 4.78 is 10.7. The van der Waals surface area contributed by atoms with E-state index in [1.54, 1.807) is 19.1 Å². The number of carbonyl (C=O) groups is 1. The van der Waals surface area contributed by atoms with Gasteiger partial charge < -0.3 is 19.8 Å². The molecule has 0 aliphatic heterocycles. The van der Waals surface area contributed by atoms with E-state index >= 15 is 0 Å². The van der Waals surface area contributed by atoms with Gasteiger partial charge in [-0.15, -0.1) is 0 Å². The molecule has 140 valence electrons. The number of furan rings is 1. The zero-order chi connectivity index (χ0) is 19.4. The Balaban J connectivity index is 1.95. The van der Waals surface area contributed by atoms with Crippen molar-refractivity contribution in [2.24, 2.45) is 10.7 Å². The second kappa shape index (κ2) is 7.95. The monoisotopic (exact) mass is 365 g/mol. The van der Waals surface area contributed by atoms with E-state index in [0.717, 1.165) is 17.5 Å². The molecule has 6 nitrogen and oxygen atoms in total. The van der Waals surface area contributed by atoms with Crippen molar-refractivity contribution in [3.63, 3.8) is 0 Å². The molecule has 0 saturated heterocycles. The number of fused-ring (bicyclic) bond motifs is 1. The molecule has 0 aliphatic carbocycles. The van der Waals surface area contributed by atoms with Crippen LogP contribution < -0.4 is 10.6 Å². The number of benzene rings is 2. The summed E-state index contributed by atoms with van der Waals surface area (Å²) in [5.41, 5.74) is 9.45. The van der Waals surface area contributed by atoms with Gasteiger partial charge in [0, 0.05) is 18.1 Å². The maximum absolute atomic E-state index is 11.9. The van der Waals surface area contributed by atoms with E-state index in [1.807, 2.05) is 36.2 Å². The van der Waals surface area contributed by atoms with Crippen LogP contribution in [0.2, 0.25) is 0 Å². The van der Waals surface area contributed by atoms with Crippen molar-refractivity contribution in [3.8, 4) is 0 Å². The Hall–Kier alpha value is -3.28. The van der Waals surface area contributed by atoms with Gasteiger partial charge in [-0.2, -0.15) is 0 Å². The molecule has 1 heterocycles. The number of nitrogens with zero attached hydrogens (tertiary/aromatic N) is 2. The smallest absolute Gasteiger partial charge is 0.374 e. The van der Waals surface area contributed by atoms with Crippen LogP contribution in [0.4, 0.5) is 11.4 Å². The predicted molar refractivity (Wildman–Crippen MR) is 108 cm³/mol. The maximum atomic E-state index is 11.9. The van der Waals surface area contributed by atoms with E-state index < -0.39 is 5.97 Å². The van der Waals surface area contributed by atoms with Gasteiger partial charge in [0.15, 0.2) is 5.58 Å². The van der Waals surface area contributed by atoms with Crippen molar-refractivity contribution in [1.29, 1.82) is 0 Å². The van der Waals surface area contributed by atoms with Crippen LogP contribution in [0.1, 0.15) is 30.0 Å². The quantitative estimate of drug-likeness (QED) is 0.415. The fraction of sp³-hybridized carbons (Fsp3) is 0.238. The number of aryl methyl sites for hydroxylation is 1. The van der Waals surface area contributed by atoms with Gasteiger partial charge in [-0.3, -0.25) is 0 Å². The van der Waals surface area contributed by atoms with E-state index in [-0.39, 0.29) is 12.4 Å².